The lowest BCUT2D eigenvalue weighted by molar-refractivity contribution is -0.122. The Labute approximate surface area is 320 Å². The zero-order valence-electron chi connectivity index (χ0n) is 29.5. The molecule has 6 amide bonds. The van der Waals surface area contributed by atoms with Crippen molar-refractivity contribution in [2.24, 2.45) is 5.73 Å². The van der Waals surface area contributed by atoms with Crippen LogP contribution in [0.4, 0.5) is 9.59 Å². The van der Waals surface area contributed by atoms with E-state index in [2.05, 4.69) is 39.7 Å². The van der Waals surface area contributed by atoms with Gasteiger partial charge < -0.3 is 61.7 Å². The number of aliphatic hydroxyl groups is 1. The molecule has 4 aliphatic rings. The van der Waals surface area contributed by atoms with E-state index in [4.69, 9.17) is 20.3 Å². The number of hydrogen-bond donors (Lipinski definition) is 11. The van der Waals surface area contributed by atoms with Gasteiger partial charge in [0.15, 0.2) is 0 Å². The maximum Gasteiger partial charge on any atom is 0.490 e. The number of carbonyl (C=O) groups excluding carboxylic acids is 4. The van der Waals surface area contributed by atoms with Crippen LogP contribution in [-0.2, 0) is 41.2 Å². The van der Waals surface area contributed by atoms with Gasteiger partial charge in [0.2, 0.25) is 11.8 Å². The van der Waals surface area contributed by atoms with Crippen molar-refractivity contribution in [3.63, 3.8) is 0 Å². The van der Waals surface area contributed by atoms with Gasteiger partial charge in [-0.1, -0.05) is 25.0 Å². The van der Waals surface area contributed by atoms with E-state index in [1.165, 1.54) is 6.20 Å². The molecule has 0 radical (unpaired) electrons. The highest BCUT2D eigenvalue weighted by atomic mass is 32.2. The Kier molecular flexibility index (Phi) is 16.8. The molecule has 0 aromatic heterocycles. The predicted octanol–water partition coefficient (Wildman–Crippen LogP) is 0.0743. The van der Waals surface area contributed by atoms with Crippen LogP contribution in [0.25, 0.3) is 0 Å². The second-order valence-corrected chi connectivity index (χ2v) is 18.7. The summed E-state index contributed by atoms with van der Waals surface area (Å²) in [5, 5.41) is 24.8. The molecule has 312 valence electrons. The molecule has 6 unspecified atom stereocenters. The van der Waals surface area contributed by atoms with Gasteiger partial charge in [0.1, 0.15) is 18.5 Å². The fourth-order valence-corrected chi connectivity index (χ4v) is 10.7. The van der Waals surface area contributed by atoms with E-state index in [1.807, 2.05) is 11.8 Å². The second kappa shape index (κ2) is 20.3. The smallest absolute Gasteiger partial charge is 0.390 e. The van der Waals surface area contributed by atoms with E-state index in [9.17, 15) is 47.8 Å². The lowest BCUT2D eigenvalue weighted by Crippen LogP contribution is -2.54. The molecular weight excluding hydrogens is 815 g/mol. The number of phosphoric acid groups is 3. The van der Waals surface area contributed by atoms with E-state index < -0.39 is 60.7 Å². The Bertz CT molecular complexity index is 1600. The highest BCUT2D eigenvalue weighted by Crippen LogP contribution is 2.66. The molecule has 12 N–H and O–H groups in total. The molecule has 0 aliphatic carbocycles. The highest BCUT2D eigenvalue weighted by Gasteiger charge is 2.45. The first-order valence-electron chi connectivity index (χ1n) is 17.4. The Morgan fingerprint density at radius 1 is 0.982 bits per heavy atom. The summed E-state index contributed by atoms with van der Waals surface area (Å²) in [5.41, 5.74) is 6.41. The molecule has 4 rings (SSSR count). The summed E-state index contributed by atoms with van der Waals surface area (Å²) < 4.78 is 51.7. The number of rotatable bonds is 22. The lowest BCUT2D eigenvalue weighted by Gasteiger charge is -2.32. The minimum absolute atomic E-state index is 0.00182. The number of amides is 6. The van der Waals surface area contributed by atoms with Crippen LogP contribution < -0.4 is 32.3 Å². The van der Waals surface area contributed by atoms with E-state index in [0.717, 1.165) is 42.8 Å². The Hall–Kier alpha value is -2.40. The fourth-order valence-electron chi connectivity index (χ4n) is 6.09. The summed E-state index contributed by atoms with van der Waals surface area (Å²) in [6, 6.07) is -0.442. The van der Waals surface area contributed by atoms with Gasteiger partial charge in [-0.25, -0.2) is 23.3 Å². The molecule has 3 saturated heterocycles. The molecule has 9 atom stereocenters. The Morgan fingerprint density at radius 2 is 1.69 bits per heavy atom. The zero-order chi connectivity index (χ0) is 40.4. The van der Waals surface area contributed by atoms with Gasteiger partial charge in [0, 0.05) is 55.1 Å². The number of unbranched alkanes of at least 4 members (excludes halogenated alkanes) is 3. The molecule has 4 aliphatic heterocycles. The van der Waals surface area contributed by atoms with Crippen LogP contribution in [0.5, 0.6) is 0 Å². The van der Waals surface area contributed by atoms with Gasteiger partial charge in [-0.05, 0) is 25.7 Å². The lowest BCUT2D eigenvalue weighted by atomic mass is 10.0. The average Bonchev–Trinajstić information content (AvgIpc) is 3.74. The van der Waals surface area contributed by atoms with Gasteiger partial charge in [0.25, 0.3) is 0 Å². The minimum atomic E-state index is -5.74. The number of thioether (sulfide) groups is 1. The number of nitrogens with zero attached hydrogens (tertiary/aromatic N) is 1. The first-order valence-corrected chi connectivity index (χ1v) is 22.9. The number of hydrogen-bond acceptors (Lipinski definition) is 14. The van der Waals surface area contributed by atoms with Gasteiger partial charge in [-0.3, -0.25) is 19.0 Å². The van der Waals surface area contributed by atoms with Crippen LogP contribution in [0.3, 0.4) is 0 Å². The fraction of sp³-hybridized carbons (Fsp3) is 0.714. The summed E-state index contributed by atoms with van der Waals surface area (Å²) in [5.74, 6) is 0.729. The van der Waals surface area contributed by atoms with Crippen molar-refractivity contribution < 1.29 is 75.4 Å². The highest BCUT2D eigenvalue weighted by molar-refractivity contribution is 8.00. The SMILES string of the molecule is NC1NC(=O)N(C2CC(O)C(COP(=O)(O)OP(=O)(O)OP(=O)(O)O)O2)C=C1C=CCNC(=O)CCCCCNC(=O)CCCC[C@@H]1SC[C@@H]2NC(=O)N[C@@H]21. The summed E-state index contributed by atoms with van der Waals surface area (Å²) in [7, 11) is -16.8. The number of carbonyl (C=O) groups is 4. The van der Waals surface area contributed by atoms with Crippen molar-refractivity contribution in [2.75, 3.05) is 25.4 Å². The third-order valence-electron chi connectivity index (χ3n) is 8.70. The summed E-state index contributed by atoms with van der Waals surface area (Å²) in [4.78, 5) is 85.8. The minimum Gasteiger partial charge on any atom is -0.390 e. The van der Waals surface area contributed by atoms with Crippen LogP contribution in [0, 0.1) is 0 Å². The van der Waals surface area contributed by atoms with Gasteiger partial charge >= 0.3 is 35.5 Å². The van der Waals surface area contributed by atoms with Crippen LogP contribution in [0.15, 0.2) is 23.9 Å². The van der Waals surface area contributed by atoms with Crippen molar-refractivity contribution in [2.45, 2.75) is 99.7 Å². The molecule has 0 bridgehead atoms. The van der Waals surface area contributed by atoms with Crippen LogP contribution in [0.1, 0.15) is 57.8 Å². The third kappa shape index (κ3) is 15.1. The average molecular weight is 864 g/mol. The molecule has 0 spiro atoms. The molecule has 0 aromatic rings. The predicted molar refractivity (Wildman–Crippen MR) is 193 cm³/mol. The normalized spacial score (nSPS) is 28.8. The number of nitrogens with two attached hydrogens (primary N) is 1. The maximum atomic E-state index is 12.6. The molecule has 27 heteroatoms. The van der Waals surface area contributed by atoms with E-state index in [1.54, 1.807) is 12.2 Å². The van der Waals surface area contributed by atoms with Crippen LogP contribution in [-0.4, -0.2) is 121 Å². The maximum absolute atomic E-state index is 12.6. The van der Waals surface area contributed by atoms with Crippen molar-refractivity contribution in [1.29, 1.82) is 0 Å². The van der Waals surface area contributed by atoms with E-state index in [-0.39, 0.29) is 49.3 Å². The molecule has 0 aromatic carbocycles. The van der Waals surface area contributed by atoms with Crippen LogP contribution in [0.2, 0.25) is 0 Å². The van der Waals surface area contributed by atoms with Gasteiger partial charge in [-0.15, -0.1) is 0 Å². The van der Waals surface area contributed by atoms with E-state index >= 15 is 0 Å². The Balaban J connectivity index is 1.08. The van der Waals surface area contributed by atoms with Crippen molar-refractivity contribution in [3.05, 3.63) is 23.9 Å². The number of aliphatic hydroxyl groups excluding tert-OH is 1. The number of nitrogens with one attached hydrogen (secondary N) is 5. The monoisotopic (exact) mass is 863 g/mol. The first kappa shape index (κ1) is 45.3. The van der Waals surface area contributed by atoms with Gasteiger partial charge in [-0.2, -0.15) is 20.4 Å². The van der Waals surface area contributed by atoms with Crippen molar-refractivity contribution in [3.8, 4) is 0 Å². The standard InChI is InChI=1S/C28H48N7O16P3S/c29-26-17(14-35(28(40)34-26)24-13-19(36)20(49-24)15-48-53(44,45)51-54(46,47)50-52(41,42)43)7-6-12-31-22(37)9-2-1-5-11-30-23(38)10-4-3-8-21-25-18(16-55-21)32-27(39)33-25/h6-7,14,18-21,24-26,36H,1-5,8-13,15-16,29H2,(H,30,38)(H,31,37)(H,34,40)(H,44,45)(H,46,47)(H2,32,33,39)(H2,41,42,43)/t18-,19?,20?,21-,24?,25-,26?/m0/s1. The summed E-state index contributed by atoms with van der Waals surface area (Å²) in [6.45, 7) is -0.229. The summed E-state index contributed by atoms with van der Waals surface area (Å²) in [6.07, 6.45) is 5.05. The van der Waals surface area contributed by atoms with E-state index in [0.29, 0.717) is 30.2 Å². The number of ether oxygens (including phenoxy) is 1. The number of phosphoric ester groups is 1. The molecule has 55 heavy (non-hydrogen) atoms. The third-order valence-corrected chi connectivity index (χ3v) is 14.0. The summed E-state index contributed by atoms with van der Waals surface area (Å²) >= 11 is 1.86. The molecule has 4 heterocycles. The van der Waals surface area contributed by atoms with Crippen LogP contribution >= 0.6 is 35.2 Å². The Morgan fingerprint density at radius 3 is 2.42 bits per heavy atom. The molecule has 0 saturated carbocycles. The second-order valence-electron chi connectivity index (χ2n) is 13.0. The van der Waals surface area contributed by atoms with Gasteiger partial charge in [0.05, 0.1) is 24.8 Å². The molecule has 23 nitrogen and oxygen atoms in total. The molecule has 3 fully saturated rings. The quantitative estimate of drug-likeness (QED) is 0.0390. The number of fused-ring (bicyclic) bond motifs is 1. The number of urea groups is 2. The molecular formula is C28H48N7O16P3S. The van der Waals surface area contributed by atoms with Crippen molar-refractivity contribution >= 4 is 59.1 Å². The topological polar surface area (TPSA) is 347 Å². The largest absolute Gasteiger partial charge is 0.490 e. The zero-order valence-corrected chi connectivity index (χ0v) is 33.0. The first-order chi connectivity index (χ1) is 25.8. The van der Waals surface area contributed by atoms with Crippen molar-refractivity contribution in [1.82, 2.24) is 31.5 Å².